The van der Waals surface area contributed by atoms with E-state index in [-0.39, 0.29) is 26.2 Å². The van der Waals surface area contributed by atoms with Gasteiger partial charge in [-0.3, -0.25) is 0 Å². The third-order valence-corrected chi connectivity index (χ3v) is 27.3. The minimum Gasteiger partial charge on any atom is -0.331 e. The Labute approximate surface area is 616 Å². The van der Waals surface area contributed by atoms with Crippen LogP contribution in [-0.2, 0) is 30.4 Å². The molecule has 0 atom stereocenters. The van der Waals surface area contributed by atoms with Crippen LogP contribution in [0, 0.1) is 0 Å². The van der Waals surface area contributed by atoms with E-state index in [1.807, 2.05) is 65.7 Å². The summed E-state index contributed by atoms with van der Waals surface area (Å²) in [6.45, 7) is 0.442. The van der Waals surface area contributed by atoms with Crippen LogP contribution in [-0.4, -0.2) is 31.5 Å². The van der Waals surface area contributed by atoms with E-state index in [1.165, 1.54) is 63.7 Å². The average Bonchev–Trinajstić information content (AvgIpc) is 0.792. The smallest absolute Gasteiger partial charge is 0.256 e. The molecule has 2 heterocycles. The van der Waals surface area contributed by atoms with E-state index in [0.29, 0.717) is 12.4 Å². The van der Waals surface area contributed by atoms with E-state index >= 15 is 0 Å². The summed E-state index contributed by atoms with van der Waals surface area (Å²) in [5, 5.41) is 16.8. The standard InChI is InChI=1S/C19H16N2O2S.4C18H15P.Pd/c22-24(23)14-13-21-12-4-7-18(19(21)20-24)17-10-8-16(9-11-17)15-5-2-1-3-6-15;4*1-4-10-16(11-5-1)19(17-12-6-2-7-13-17)18-14-8-3-9-15-18;/h1-12H,13-14H2;4*1-15H;. The average molecular weight is 1490 g/mol. The number of hydrogen-bond donors (Lipinski definition) is 0. The molecule has 4 nitrogen and oxygen atoms in total. The van der Waals surface area contributed by atoms with Crippen molar-refractivity contribution in [3.8, 4) is 11.1 Å². The fourth-order valence-electron chi connectivity index (χ4n) is 11.6. The fraction of sp³-hybridized carbons (Fsp3) is 0.0220. The van der Waals surface area contributed by atoms with Crippen LogP contribution in [0.25, 0.3) is 16.7 Å². The molecule has 101 heavy (non-hydrogen) atoms. The van der Waals surface area contributed by atoms with Crippen LogP contribution in [0.4, 0.5) is 0 Å². The van der Waals surface area contributed by atoms with Crippen molar-refractivity contribution in [1.82, 2.24) is 4.90 Å². The van der Waals surface area contributed by atoms with E-state index in [2.05, 4.69) is 381 Å². The van der Waals surface area contributed by atoms with E-state index in [9.17, 15) is 8.42 Å². The predicted molar refractivity (Wildman–Crippen MR) is 438 cm³/mol. The summed E-state index contributed by atoms with van der Waals surface area (Å²) in [6.07, 6.45) is 5.71. The van der Waals surface area contributed by atoms with Gasteiger partial charge in [-0.15, -0.1) is 4.40 Å². The van der Waals surface area contributed by atoms with Gasteiger partial charge in [0, 0.05) is 38.7 Å². The Hall–Kier alpha value is -9.64. The second-order valence-corrected chi connectivity index (χ2v) is 33.8. The molecule has 14 aromatic carbocycles. The van der Waals surface area contributed by atoms with Crippen molar-refractivity contribution in [3.05, 3.63) is 442 Å². The van der Waals surface area contributed by atoms with Crippen molar-refractivity contribution in [1.29, 1.82) is 0 Å². The first-order valence-corrected chi connectivity index (χ1v) is 40.4. The Morgan fingerprint density at radius 3 is 0.653 bits per heavy atom. The van der Waals surface area contributed by atoms with Gasteiger partial charge in [0.15, 0.2) is 5.84 Å². The first-order valence-electron chi connectivity index (χ1n) is 33.4. The quantitative estimate of drug-likeness (QED) is 0.0805. The maximum atomic E-state index is 11.9. The Balaban J connectivity index is 0.000000127. The summed E-state index contributed by atoms with van der Waals surface area (Å²) in [7, 11) is -5.16. The van der Waals surface area contributed by atoms with Gasteiger partial charge < -0.3 is 4.90 Å². The van der Waals surface area contributed by atoms with Crippen LogP contribution in [0.15, 0.2) is 441 Å². The molecular formula is C91H76N2O2P4PdS. The molecule has 0 saturated heterocycles. The topological polar surface area (TPSA) is 49.7 Å². The van der Waals surface area contributed by atoms with Gasteiger partial charge in [-0.25, -0.2) is 8.42 Å². The van der Waals surface area contributed by atoms with Crippen LogP contribution >= 0.6 is 31.7 Å². The summed E-state index contributed by atoms with van der Waals surface area (Å²) < 4.78 is 27.7. The molecule has 0 spiro atoms. The molecular weight excluding hydrogens is 1420 g/mol. The molecule has 0 radical (unpaired) electrons. The molecule has 14 aromatic rings. The summed E-state index contributed by atoms with van der Waals surface area (Å²) in [6, 6.07) is 148. The Morgan fingerprint density at radius 2 is 0.436 bits per heavy atom. The predicted octanol–water partition coefficient (Wildman–Crippen LogP) is 17.1. The number of allylic oxidation sites excluding steroid dienone is 2. The van der Waals surface area contributed by atoms with Gasteiger partial charge in [0.1, 0.15) is 0 Å². The number of nitrogens with zero attached hydrogens (tertiary/aromatic N) is 2. The van der Waals surface area contributed by atoms with E-state index in [4.69, 9.17) is 0 Å². The first kappa shape index (κ1) is 72.6. The first-order chi connectivity index (χ1) is 49.4. The molecule has 0 bridgehead atoms. The van der Waals surface area contributed by atoms with Gasteiger partial charge in [0.05, 0.1) is 5.75 Å². The molecule has 0 unspecified atom stereocenters. The van der Waals surface area contributed by atoms with Crippen molar-refractivity contribution in [2.45, 2.75) is 0 Å². The monoisotopic (exact) mass is 1490 g/mol. The number of amidine groups is 1. The van der Waals surface area contributed by atoms with Crippen molar-refractivity contribution >= 4 is 117 Å². The Kier molecular flexibility index (Phi) is 27.5. The molecule has 0 N–H and O–H groups in total. The van der Waals surface area contributed by atoms with Gasteiger partial charge in [-0.2, -0.15) is 0 Å². The number of rotatable bonds is 14. The van der Waals surface area contributed by atoms with E-state index < -0.39 is 41.7 Å². The third-order valence-electron chi connectivity index (χ3n) is 16.3. The zero-order valence-electron chi connectivity index (χ0n) is 55.7. The summed E-state index contributed by atoms with van der Waals surface area (Å²) in [5.41, 5.74) is 4.07. The van der Waals surface area contributed by atoms with E-state index in [0.717, 1.165) is 22.3 Å². The van der Waals surface area contributed by atoms with Crippen molar-refractivity contribution in [3.63, 3.8) is 0 Å². The SMILES string of the molecule is O=S1(=O)CCN2C=CC=C(c3ccc(-c4ccccc4)cc3)C2=N1.[Pd].c1ccc(P(c2ccccc2)c2ccccc2)cc1.c1ccc(P(c2ccccc2)c2ccccc2)cc1.c1ccc(P(c2ccccc2)c2ccccc2)cc1.c1ccc(P(c2ccccc2)c2ccccc2)cc1. The molecule has 0 aromatic heterocycles. The van der Waals surface area contributed by atoms with Crippen molar-refractivity contribution in [2.75, 3.05) is 12.3 Å². The van der Waals surface area contributed by atoms with Gasteiger partial charge in [0.25, 0.3) is 10.0 Å². The zero-order valence-corrected chi connectivity index (χ0v) is 61.7. The molecule has 498 valence electrons. The number of hydrogen-bond acceptors (Lipinski definition) is 3. The summed E-state index contributed by atoms with van der Waals surface area (Å²) in [5.74, 6) is 0.567. The minimum absolute atomic E-state index is 0. The normalized spacial score (nSPS) is 12.4. The zero-order chi connectivity index (χ0) is 68.2. The van der Waals surface area contributed by atoms with Crippen LogP contribution in [0.3, 0.4) is 0 Å². The maximum absolute atomic E-state index is 11.9. The maximum Gasteiger partial charge on any atom is 0.256 e. The van der Waals surface area contributed by atoms with E-state index in [1.54, 1.807) is 0 Å². The number of sulfonamides is 1. The van der Waals surface area contributed by atoms with Gasteiger partial charge in [-0.1, -0.05) is 419 Å². The van der Waals surface area contributed by atoms with Crippen LogP contribution in [0.5, 0.6) is 0 Å². The molecule has 0 aliphatic carbocycles. The van der Waals surface area contributed by atoms with Gasteiger partial charge >= 0.3 is 0 Å². The third kappa shape index (κ3) is 20.5. The Morgan fingerprint density at radius 1 is 0.248 bits per heavy atom. The van der Waals surface area contributed by atoms with Crippen LogP contribution in [0.1, 0.15) is 5.56 Å². The minimum atomic E-state index is -3.37. The molecule has 0 fully saturated rings. The van der Waals surface area contributed by atoms with Gasteiger partial charge in [-0.05, 0) is 124 Å². The van der Waals surface area contributed by atoms with Gasteiger partial charge in [0.2, 0.25) is 0 Å². The fourth-order valence-corrected chi connectivity index (χ4v) is 21.8. The number of benzene rings is 14. The second-order valence-electron chi connectivity index (χ2n) is 23.1. The van der Waals surface area contributed by atoms with Crippen LogP contribution in [0.2, 0.25) is 0 Å². The largest absolute Gasteiger partial charge is 0.331 e. The summed E-state index contributed by atoms with van der Waals surface area (Å²) >= 11 is 0. The second kappa shape index (κ2) is 38.2. The summed E-state index contributed by atoms with van der Waals surface area (Å²) in [4.78, 5) is 1.89. The van der Waals surface area contributed by atoms with Crippen molar-refractivity contribution < 1.29 is 28.8 Å². The Bertz CT molecular complexity index is 4070. The molecule has 2 aliphatic heterocycles. The molecule has 2 aliphatic rings. The molecule has 0 amide bonds. The molecule has 0 saturated carbocycles. The molecule has 16 rings (SSSR count). The number of fused-ring (bicyclic) bond motifs is 1. The van der Waals surface area contributed by atoms with Crippen molar-refractivity contribution in [2.24, 2.45) is 4.40 Å². The van der Waals surface area contributed by atoms with Crippen LogP contribution < -0.4 is 63.7 Å². The molecule has 10 heteroatoms.